The number of nitrogens with one attached hydrogen (secondary N) is 2. The number of hydrogen-bond acceptors (Lipinski definition) is 7. The maximum atomic E-state index is 13.1. The van der Waals surface area contributed by atoms with Crippen molar-refractivity contribution in [3.63, 3.8) is 0 Å². The van der Waals surface area contributed by atoms with Crippen LogP contribution in [0.3, 0.4) is 0 Å². The van der Waals surface area contributed by atoms with E-state index in [4.69, 9.17) is 31.2 Å². The second-order valence-corrected chi connectivity index (χ2v) is 8.04. The van der Waals surface area contributed by atoms with E-state index in [1.54, 1.807) is 18.2 Å². The molecule has 10 heteroatoms. The summed E-state index contributed by atoms with van der Waals surface area (Å²) in [5, 5.41) is 3.30. The van der Waals surface area contributed by atoms with Crippen LogP contribution >= 0.6 is 12.2 Å². The first-order valence-corrected chi connectivity index (χ1v) is 11.6. The minimum atomic E-state index is -0.355. The average molecular weight is 486 g/mol. The molecule has 3 aromatic rings. The summed E-state index contributed by atoms with van der Waals surface area (Å²) >= 11 is 5.45. The van der Waals surface area contributed by atoms with Gasteiger partial charge >= 0.3 is 0 Å². The number of rotatable bonds is 10. The summed E-state index contributed by atoms with van der Waals surface area (Å²) in [6.07, 6.45) is 0.180. The van der Waals surface area contributed by atoms with Crippen molar-refractivity contribution in [2.45, 2.75) is 33.1 Å². The van der Waals surface area contributed by atoms with Crippen LogP contribution < -0.4 is 20.3 Å². The molecule has 0 unspecified atom stereocenters. The fraction of sp³-hybridized carbons (Fsp3) is 0.375. The van der Waals surface area contributed by atoms with E-state index >= 15 is 0 Å². The van der Waals surface area contributed by atoms with E-state index in [0.29, 0.717) is 54.1 Å². The molecule has 0 saturated carbocycles. The Labute approximate surface area is 201 Å². The molecule has 0 bridgehead atoms. The number of aromatic nitrogens is 2. The topological polar surface area (TPSA) is 104 Å². The minimum absolute atomic E-state index is 0.185. The second kappa shape index (κ2) is 10.8. The van der Waals surface area contributed by atoms with E-state index in [1.165, 1.54) is 4.57 Å². The number of benzene rings is 2. The standard InChI is InChI=1S/C24H27N3O6S/c1-3-30-21(31-4-2)9-10-25-22(28)16-6-7-17-18(12-16)26-24(34)27(23(17)29)13-15-5-8-19-20(11-15)33-14-32-19/h5-8,11-12,21H,3-4,9-10,13-14H2,1-2H3,(H,25,28)(H,26,34). The van der Waals surface area contributed by atoms with Crippen LogP contribution in [0.25, 0.3) is 10.9 Å². The minimum Gasteiger partial charge on any atom is -0.454 e. The lowest BCUT2D eigenvalue weighted by Crippen LogP contribution is -2.29. The molecule has 34 heavy (non-hydrogen) atoms. The van der Waals surface area contributed by atoms with E-state index < -0.39 is 0 Å². The first-order chi connectivity index (χ1) is 16.5. The molecule has 0 saturated heterocycles. The lowest BCUT2D eigenvalue weighted by atomic mass is 10.1. The van der Waals surface area contributed by atoms with Crippen LogP contribution in [0.1, 0.15) is 36.2 Å². The molecule has 9 nitrogen and oxygen atoms in total. The average Bonchev–Trinajstić information content (AvgIpc) is 3.29. The number of carbonyl (C=O) groups is 1. The zero-order valence-electron chi connectivity index (χ0n) is 19.1. The van der Waals surface area contributed by atoms with Crippen LogP contribution in [-0.4, -0.2) is 48.3 Å². The maximum Gasteiger partial charge on any atom is 0.262 e. The van der Waals surface area contributed by atoms with Crippen LogP contribution in [0.15, 0.2) is 41.2 Å². The lowest BCUT2D eigenvalue weighted by Gasteiger charge is -2.17. The predicted molar refractivity (Wildman–Crippen MR) is 129 cm³/mol. The van der Waals surface area contributed by atoms with Gasteiger partial charge in [0.1, 0.15) is 0 Å². The third kappa shape index (κ3) is 5.30. The molecule has 0 atom stereocenters. The van der Waals surface area contributed by atoms with Crippen molar-refractivity contribution in [3.05, 3.63) is 62.6 Å². The molecule has 180 valence electrons. The highest BCUT2D eigenvalue weighted by atomic mass is 32.1. The second-order valence-electron chi connectivity index (χ2n) is 7.65. The Morgan fingerprint density at radius 2 is 1.91 bits per heavy atom. The molecular formula is C24H27N3O6S. The number of aromatic amines is 1. The van der Waals surface area contributed by atoms with Crippen molar-refractivity contribution in [1.82, 2.24) is 14.9 Å². The van der Waals surface area contributed by atoms with Gasteiger partial charge in [0.05, 0.1) is 17.4 Å². The van der Waals surface area contributed by atoms with E-state index in [0.717, 1.165) is 5.56 Å². The highest BCUT2D eigenvalue weighted by molar-refractivity contribution is 7.71. The summed E-state index contributed by atoms with van der Waals surface area (Å²) in [6.45, 7) is 5.73. The Kier molecular flexibility index (Phi) is 7.61. The highest BCUT2D eigenvalue weighted by Crippen LogP contribution is 2.32. The normalized spacial score (nSPS) is 12.4. The smallest absolute Gasteiger partial charge is 0.262 e. The van der Waals surface area contributed by atoms with Gasteiger partial charge < -0.3 is 29.2 Å². The molecule has 2 aromatic carbocycles. The first kappa shape index (κ1) is 23.9. The molecule has 0 radical (unpaired) electrons. The van der Waals surface area contributed by atoms with Crippen LogP contribution in [0.2, 0.25) is 0 Å². The van der Waals surface area contributed by atoms with Crippen LogP contribution in [0, 0.1) is 4.77 Å². The van der Waals surface area contributed by atoms with Gasteiger partial charge in [-0.2, -0.15) is 0 Å². The molecule has 0 fully saturated rings. The zero-order chi connectivity index (χ0) is 24.1. The summed E-state index contributed by atoms with van der Waals surface area (Å²) in [5.41, 5.74) is 1.56. The molecule has 4 rings (SSSR count). The lowest BCUT2D eigenvalue weighted by molar-refractivity contribution is -0.138. The number of amides is 1. The third-order valence-corrected chi connectivity index (χ3v) is 5.71. The van der Waals surface area contributed by atoms with E-state index in [1.807, 2.05) is 32.0 Å². The maximum absolute atomic E-state index is 13.1. The third-order valence-electron chi connectivity index (χ3n) is 5.39. The van der Waals surface area contributed by atoms with E-state index in [9.17, 15) is 9.59 Å². The molecule has 1 aliphatic heterocycles. The monoisotopic (exact) mass is 485 g/mol. The van der Waals surface area contributed by atoms with Crippen LogP contribution in [0.5, 0.6) is 11.5 Å². The van der Waals surface area contributed by atoms with Gasteiger partial charge in [-0.25, -0.2) is 0 Å². The van der Waals surface area contributed by atoms with Crippen LogP contribution in [0.4, 0.5) is 0 Å². The summed E-state index contributed by atoms with van der Waals surface area (Å²) < 4.78 is 23.5. The molecule has 0 aliphatic carbocycles. The van der Waals surface area contributed by atoms with Gasteiger partial charge in [-0.1, -0.05) is 6.07 Å². The van der Waals surface area contributed by atoms with Crippen LogP contribution in [-0.2, 0) is 16.0 Å². The quantitative estimate of drug-likeness (QED) is 0.335. The molecule has 1 amide bonds. The molecular weight excluding hydrogens is 458 g/mol. The van der Waals surface area contributed by atoms with Gasteiger partial charge in [-0.3, -0.25) is 14.2 Å². The Morgan fingerprint density at radius 3 is 2.68 bits per heavy atom. The fourth-order valence-corrected chi connectivity index (χ4v) is 4.01. The van der Waals surface area contributed by atoms with E-state index in [-0.39, 0.29) is 35.9 Å². The van der Waals surface area contributed by atoms with Crippen molar-refractivity contribution >= 4 is 29.0 Å². The van der Waals surface area contributed by atoms with Gasteiger partial charge in [0.2, 0.25) is 6.79 Å². The predicted octanol–water partition coefficient (Wildman–Crippen LogP) is 3.36. The van der Waals surface area contributed by atoms with Gasteiger partial charge in [-0.05, 0) is 62.0 Å². The number of H-pyrrole nitrogens is 1. The Bertz CT molecular complexity index is 1300. The number of nitrogens with zero attached hydrogens (tertiary/aromatic N) is 1. The Morgan fingerprint density at radius 1 is 1.15 bits per heavy atom. The summed E-state index contributed by atoms with van der Waals surface area (Å²) in [7, 11) is 0. The van der Waals surface area contributed by atoms with E-state index in [2.05, 4.69) is 10.3 Å². The SMILES string of the molecule is CCOC(CCNC(=O)c1ccc2c(=O)n(Cc3ccc4c(c3)OCO4)c(=S)[nH]c2c1)OCC. The Balaban J connectivity index is 1.49. The summed E-state index contributed by atoms with van der Waals surface area (Å²) in [5.74, 6) is 1.07. The largest absolute Gasteiger partial charge is 0.454 e. The number of ether oxygens (including phenoxy) is 4. The first-order valence-electron chi connectivity index (χ1n) is 11.2. The summed E-state index contributed by atoms with van der Waals surface area (Å²) in [6, 6.07) is 10.4. The van der Waals surface area contributed by atoms with Crippen molar-refractivity contribution in [1.29, 1.82) is 0 Å². The zero-order valence-corrected chi connectivity index (χ0v) is 19.9. The fourth-order valence-electron chi connectivity index (χ4n) is 3.75. The number of fused-ring (bicyclic) bond motifs is 2. The molecule has 1 aliphatic rings. The van der Waals surface area contributed by atoms with Gasteiger partial charge in [0, 0.05) is 31.7 Å². The number of hydrogen-bond donors (Lipinski definition) is 2. The van der Waals surface area contributed by atoms with Gasteiger partial charge in [0.15, 0.2) is 22.6 Å². The van der Waals surface area contributed by atoms with Crippen molar-refractivity contribution in [2.24, 2.45) is 0 Å². The summed E-state index contributed by atoms with van der Waals surface area (Å²) in [4.78, 5) is 28.8. The van der Waals surface area contributed by atoms with Crippen molar-refractivity contribution < 1.29 is 23.7 Å². The number of carbonyl (C=O) groups excluding carboxylic acids is 1. The highest BCUT2D eigenvalue weighted by Gasteiger charge is 2.15. The molecule has 2 heterocycles. The Hall–Kier alpha value is -3.21. The molecule has 2 N–H and O–H groups in total. The van der Waals surface area contributed by atoms with Crippen molar-refractivity contribution in [2.75, 3.05) is 26.6 Å². The van der Waals surface area contributed by atoms with Gasteiger partial charge in [0.25, 0.3) is 11.5 Å². The molecule has 0 spiro atoms. The van der Waals surface area contributed by atoms with Gasteiger partial charge in [-0.15, -0.1) is 0 Å². The molecule has 1 aromatic heterocycles. The van der Waals surface area contributed by atoms with Crippen molar-refractivity contribution in [3.8, 4) is 11.5 Å².